The molecule has 0 aliphatic heterocycles. The lowest BCUT2D eigenvalue weighted by atomic mass is 10.2. The summed E-state index contributed by atoms with van der Waals surface area (Å²) in [6, 6.07) is 16.1. The normalized spacial score (nSPS) is 10.9. The fourth-order valence-electron chi connectivity index (χ4n) is 3.32. The van der Waals surface area contributed by atoms with Crippen LogP contribution in [0.1, 0.15) is 0 Å². The number of aromatic nitrogens is 2. The predicted molar refractivity (Wildman–Crippen MR) is 129 cm³/mol. The lowest BCUT2D eigenvalue weighted by molar-refractivity contribution is 0.324. The third kappa shape index (κ3) is 5.01. The number of rotatable bonds is 9. The zero-order chi connectivity index (χ0) is 24.8. The molecule has 3 aromatic carbocycles. The standard InChI is InChI=1S/C25H24N4O6/c1-30-18-10-11-20(31-2)19(14-18)27-26-17-8-6-15(7-9-17)24-28-29-25(35-24)16-12-21(32-3)23(34-5)22(13-16)33-4/h6-14H,1-5H3. The number of hydrogen-bond donors (Lipinski definition) is 0. The minimum atomic E-state index is 0.313. The molecule has 35 heavy (non-hydrogen) atoms. The van der Waals surface area contributed by atoms with Gasteiger partial charge in [0.2, 0.25) is 17.5 Å². The summed E-state index contributed by atoms with van der Waals surface area (Å²) in [5.74, 6) is 3.38. The van der Waals surface area contributed by atoms with Gasteiger partial charge in [0.05, 0.1) is 41.2 Å². The van der Waals surface area contributed by atoms with Gasteiger partial charge in [0.1, 0.15) is 17.2 Å². The van der Waals surface area contributed by atoms with Crippen molar-refractivity contribution in [2.24, 2.45) is 10.2 Å². The Balaban J connectivity index is 1.56. The van der Waals surface area contributed by atoms with Gasteiger partial charge in [-0.1, -0.05) is 0 Å². The second-order valence-corrected chi connectivity index (χ2v) is 7.11. The third-order valence-electron chi connectivity index (χ3n) is 5.11. The van der Waals surface area contributed by atoms with E-state index in [1.807, 2.05) is 12.1 Å². The summed E-state index contributed by atoms with van der Waals surface area (Å²) >= 11 is 0. The fourth-order valence-corrected chi connectivity index (χ4v) is 3.32. The number of nitrogens with zero attached hydrogens (tertiary/aromatic N) is 4. The van der Waals surface area contributed by atoms with E-state index in [1.165, 1.54) is 0 Å². The Morgan fingerprint density at radius 2 is 1.23 bits per heavy atom. The van der Waals surface area contributed by atoms with Crippen LogP contribution in [0.4, 0.5) is 11.4 Å². The van der Waals surface area contributed by atoms with Crippen LogP contribution in [0.5, 0.6) is 28.7 Å². The van der Waals surface area contributed by atoms with Gasteiger partial charge < -0.3 is 28.1 Å². The van der Waals surface area contributed by atoms with Gasteiger partial charge in [-0.25, -0.2) is 0 Å². The van der Waals surface area contributed by atoms with Gasteiger partial charge in [-0.3, -0.25) is 0 Å². The fraction of sp³-hybridized carbons (Fsp3) is 0.200. The zero-order valence-corrected chi connectivity index (χ0v) is 19.9. The van der Waals surface area contributed by atoms with E-state index < -0.39 is 0 Å². The Kier molecular flexibility index (Phi) is 7.10. The van der Waals surface area contributed by atoms with Gasteiger partial charge >= 0.3 is 0 Å². The van der Waals surface area contributed by atoms with E-state index in [-0.39, 0.29) is 0 Å². The lowest BCUT2D eigenvalue weighted by Gasteiger charge is -2.12. The van der Waals surface area contributed by atoms with Crippen LogP contribution in [0.3, 0.4) is 0 Å². The summed E-state index contributed by atoms with van der Waals surface area (Å²) in [7, 11) is 7.80. The molecule has 0 amide bonds. The molecule has 0 fully saturated rings. The molecule has 0 bridgehead atoms. The average molecular weight is 476 g/mol. The number of azo groups is 1. The quantitative estimate of drug-likeness (QED) is 0.276. The van der Waals surface area contributed by atoms with Gasteiger partial charge in [0, 0.05) is 17.2 Å². The molecule has 0 spiro atoms. The molecule has 4 rings (SSSR count). The highest BCUT2D eigenvalue weighted by molar-refractivity contribution is 5.67. The minimum absolute atomic E-state index is 0.313. The molecule has 0 aliphatic carbocycles. The molecular formula is C25H24N4O6. The van der Waals surface area contributed by atoms with Crippen molar-refractivity contribution in [2.75, 3.05) is 35.5 Å². The van der Waals surface area contributed by atoms with Gasteiger partial charge in [-0.15, -0.1) is 15.3 Å². The molecule has 0 N–H and O–H groups in total. The maximum atomic E-state index is 5.89. The number of benzene rings is 3. The first-order chi connectivity index (χ1) is 17.1. The highest BCUT2D eigenvalue weighted by atomic mass is 16.5. The van der Waals surface area contributed by atoms with Gasteiger partial charge in [-0.05, 0) is 48.5 Å². The number of methoxy groups -OCH3 is 5. The first-order valence-corrected chi connectivity index (χ1v) is 10.5. The zero-order valence-electron chi connectivity index (χ0n) is 19.9. The first-order valence-electron chi connectivity index (χ1n) is 10.5. The van der Waals surface area contributed by atoms with Crippen molar-refractivity contribution < 1.29 is 28.1 Å². The molecule has 0 atom stereocenters. The summed E-state index contributed by atoms with van der Waals surface area (Å²) < 4.78 is 32.6. The van der Waals surface area contributed by atoms with E-state index in [2.05, 4.69) is 20.4 Å². The van der Waals surface area contributed by atoms with Gasteiger partial charge in [-0.2, -0.15) is 5.11 Å². The van der Waals surface area contributed by atoms with E-state index in [0.717, 1.165) is 5.56 Å². The molecule has 180 valence electrons. The summed E-state index contributed by atoms with van der Waals surface area (Å²) in [5.41, 5.74) is 2.57. The Morgan fingerprint density at radius 1 is 0.600 bits per heavy atom. The van der Waals surface area contributed by atoms with Crippen LogP contribution < -0.4 is 23.7 Å². The van der Waals surface area contributed by atoms with E-state index >= 15 is 0 Å². The molecule has 0 saturated heterocycles. The predicted octanol–water partition coefficient (Wildman–Crippen LogP) is 5.86. The Bertz CT molecular complexity index is 1310. The summed E-state index contributed by atoms with van der Waals surface area (Å²) in [5, 5.41) is 16.9. The molecule has 0 unspecified atom stereocenters. The van der Waals surface area contributed by atoms with Crippen molar-refractivity contribution in [1.29, 1.82) is 0 Å². The topological polar surface area (TPSA) is 110 Å². The Hall–Kier alpha value is -4.60. The van der Waals surface area contributed by atoms with E-state index in [4.69, 9.17) is 28.1 Å². The molecule has 1 aromatic heterocycles. The van der Waals surface area contributed by atoms with Crippen molar-refractivity contribution in [2.45, 2.75) is 0 Å². The second kappa shape index (κ2) is 10.6. The van der Waals surface area contributed by atoms with Crippen LogP contribution in [0, 0.1) is 0 Å². The monoisotopic (exact) mass is 476 g/mol. The number of ether oxygens (including phenoxy) is 5. The first kappa shape index (κ1) is 23.6. The maximum absolute atomic E-state index is 5.89. The smallest absolute Gasteiger partial charge is 0.248 e. The van der Waals surface area contributed by atoms with Gasteiger partial charge in [0.25, 0.3) is 0 Å². The van der Waals surface area contributed by atoms with Crippen molar-refractivity contribution in [3.63, 3.8) is 0 Å². The number of hydrogen-bond acceptors (Lipinski definition) is 10. The third-order valence-corrected chi connectivity index (χ3v) is 5.11. The van der Waals surface area contributed by atoms with E-state index in [1.54, 1.807) is 78.0 Å². The maximum Gasteiger partial charge on any atom is 0.248 e. The molecule has 0 radical (unpaired) electrons. The molecule has 10 heteroatoms. The highest BCUT2D eigenvalue weighted by Gasteiger charge is 2.18. The van der Waals surface area contributed by atoms with Gasteiger partial charge in [0.15, 0.2) is 11.5 Å². The van der Waals surface area contributed by atoms with E-state index in [9.17, 15) is 0 Å². The van der Waals surface area contributed by atoms with Crippen LogP contribution in [0.15, 0.2) is 69.2 Å². The molecule has 10 nitrogen and oxygen atoms in total. The SMILES string of the molecule is COc1ccc(OC)c(N=Nc2ccc(-c3nnc(-c4cc(OC)c(OC)c(OC)c4)o3)cc2)c1. The highest BCUT2D eigenvalue weighted by Crippen LogP contribution is 2.41. The van der Waals surface area contributed by atoms with Crippen LogP contribution in [0.25, 0.3) is 22.9 Å². The molecule has 0 saturated carbocycles. The van der Waals surface area contributed by atoms with Crippen molar-refractivity contribution in [1.82, 2.24) is 10.2 Å². The van der Waals surface area contributed by atoms with E-state index in [0.29, 0.717) is 57.5 Å². The summed E-state index contributed by atoms with van der Waals surface area (Å²) in [4.78, 5) is 0. The summed E-state index contributed by atoms with van der Waals surface area (Å²) in [6.07, 6.45) is 0. The molecule has 1 heterocycles. The van der Waals surface area contributed by atoms with Crippen molar-refractivity contribution in [3.05, 3.63) is 54.6 Å². The van der Waals surface area contributed by atoms with Crippen LogP contribution in [0.2, 0.25) is 0 Å². The van der Waals surface area contributed by atoms with Crippen molar-refractivity contribution in [3.8, 4) is 51.7 Å². The van der Waals surface area contributed by atoms with Crippen LogP contribution >= 0.6 is 0 Å². The second-order valence-electron chi connectivity index (χ2n) is 7.11. The average Bonchev–Trinajstić information content (AvgIpc) is 3.41. The van der Waals surface area contributed by atoms with Crippen LogP contribution in [-0.4, -0.2) is 45.7 Å². The minimum Gasteiger partial charge on any atom is -0.497 e. The largest absolute Gasteiger partial charge is 0.497 e. The molecular weight excluding hydrogens is 452 g/mol. The summed E-state index contributed by atoms with van der Waals surface area (Å²) in [6.45, 7) is 0. The Morgan fingerprint density at radius 3 is 1.80 bits per heavy atom. The van der Waals surface area contributed by atoms with Crippen LogP contribution in [-0.2, 0) is 0 Å². The Labute approximate surface area is 202 Å². The molecule has 0 aliphatic rings. The van der Waals surface area contributed by atoms with Crippen molar-refractivity contribution >= 4 is 11.4 Å². The lowest BCUT2D eigenvalue weighted by Crippen LogP contribution is -1.95. The molecule has 4 aromatic rings.